The molecule has 0 saturated carbocycles. The van der Waals surface area contributed by atoms with Crippen LogP contribution in [0, 0.1) is 24.7 Å². The van der Waals surface area contributed by atoms with E-state index in [4.69, 9.17) is 10.8 Å². The molecular formula is C19H28N4. The van der Waals surface area contributed by atoms with Gasteiger partial charge in [0.15, 0.2) is 0 Å². The Balaban J connectivity index is 3.21. The molecule has 4 heteroatoms. The molecule has 0 radical (unpaired) electrons. The van der Waals surface area contributed by atoms with Crippen LogP contribution in [0.5, 0.6) is 0 Å². The monoisotopic (exact) mass is 312 g/mol. The van der Waals surface area contributed by atoms with E-state index in [1.54, 1.807) is 0 Å². The van der Waals surface area contributed by atoms with Crippen LogP contribution in [0.2, 0.25) is 0 Å². The first-order chi connectivity index (χ1) is 10.9. The summed E-state index contributed by atoms with van der Waals surface area (Å²) in [6.45, 7) is 13.3. The molecule has 23 heavy (non-hydrogen) atoms. The Hall–Kier alpha value is -2.23. The van der Waals surface area contributed by atoms with Crippen molar-refractivity contribution in [2.24, 2.45) is 0 Å². The van der Waals surface area contributed by atoms with E-state index in [1.807, 2.05) is 45.2 Å². The molecule has 0 amide bonds. The molecule has 1 aromatic heterocycles. The van der Waals surface area contributed by atoms with Crippen LogP contribution >= 0.6 is 0 Å². The van der Waals surface area contributed by atoms with E-state index in [2.05, 4.69) is 23.4 Å². The quantitative estimate of drug-likeness (QED) is 0.528. The Kier molecular flexibility index (Phi) is 7.39. The molecule has 0 unspecified atom stereocenters. The van der Waals surface area contributed by atoms with Gasteiger partial charge in [-0.1, -0.05) is 13.0 Å². The zero-order valence-electron chi connectivity index (χ0n) is 14.7. The minimum absolute atomic E-state index is 0.406. The first-order valence-corrected chi connectivity index (χ1v) is 8.12. The van der Waals surface area contributed by atoms with Crippen molar-refractivity contribution in [3.8, 4) is 0 Å². The highest BCUT2D eigenvalue weighted by molar-refractivity contribution is 6.12. The second-order valence-electron chi connectivity index (χ2n) is 5.58. The Bertz CT molecular complexity index is 614. The number of allylic oxidation sites excluding steroid dienone is 2. The van der Waals surface area contributed by atoms with Gasteiger partial charge in [-0.3, -0.25) is 4.98 Å². The predicted molar refractivity (Wildman–Crippen MR) is 98.7 cm³/mol. The number of pyridine rings is 1. The summed E-state index contributed by atoms with van der Waals surface area (Å²) in [7, 11) is 0. The van der Waals surface area contributed by atoms with E-state index in [0.717, 1.165) is 42.0 Å². The SMILES string of the molecule is C=CCCN(CC)/C(=C/C(=N)c1cc(C)cnc1C)C(=N)CC. The molecule has 0 bridgehead atoms. The molecule has 0 aromatic carbocycles. The first kappa shape index (κ1) is 18.8. The molecule has 2 N–H and O–H groups in total. The van der Waals surface area contributed by atoms with Gasteiger partial charge < -0.3 is 15.7 Å². The normalized spacial score (nSPS) is 11.2. The highest BCUT2D eigenvalue weighted by atomic mass is 15.1. The van der Waals surface area contributed by atoms with E-state index in [9.17, 15) is 0 Å². The van der Waals surface area contributed by atoms with Gasteiger partial charge in [-0.25, -0.2) is 0 Å². The van der Waals surface area contributed by atoms with Crippen molar-refractivity contribution in [2.75, 3.05) is 13.1 Å². The van der Waals surface area contributed by atoms with Gasteiger partial charge in [-0.2, -0.15) is 0 Å². The maximum absolute atomic E-state index is 8.45. The van der Waals surface area contributed by atoms with Crippen molar-refractivity contribution >= 4 is 11.4 Å². The van der Waals surface area contributed by atoms with Crippen LogP contribution in [0.1, 0.15) is 43.5 Å². The summed E-state index contributed by atoms with van der Waals surface area (Å²) >= 11 is 0. The van der Waals surface area contributed by atoms with Crippen molar-refractivity contribution < 1.29 is 0 Å². The zero-order valence-corrected chi connectivity index (χ0v) is 14.7. The minimum atomic E-state index is 0.406. The summed E-state index contributed by atoms with van der Waals surface area (Å²) in [6.07, 6.45) is 7.01. The molecule has 124 valence electrons. The van der Waals surface area contributed by atoms with Gasteiger partial charge in [-0.15, -0.1) is 6.58 Å². The Morgan fingerprint density at radius 1 is 1.30 bits per heavy atom. The summed E-state index contributed by atoms with van der Waals surface area (Å²) in [5.74, 6) is 0. The average Bonchev–Trinajstić information content (AvgIpc) is 2.55. The third-order valence-corrected chi connectivity index (χ3v) is 3.78. The molecule has 0 saturated heterocycles. The summed E-state index contributed by atoms with van der Waals surface area (Å²) in [4.78, 5) is 6.48. The van der Waals surface area contributed by atoms with Gasteiger partial charge in [-0.05, 0) is 51.3 Å². The molecule has 0 aliphatic rings. The number of hydrogen-bond donors (Lipinski definition) is 2. The fourth-order valence-electron chi connectivity index (χ4n) is 2.37. The van der Waals surface area contributed by atoms with E-state index >= 15 is 0 Å². The standard InChI is InChI=1S/C19H28N4/c1-6-9-10-23(8-3)19(17(20)7-2)12-18(21)16-11-14(4)13-22-15(16)5/h6,11-13,20-21H,1,7-10H2,2-5H3/b19-12+,20-17?,21-18?. The lowest BCUT2D eigenvalue weighted by Crippen LogP contribution is -2.28. The topological polar surface area (TPSA) is 63.8 Å². The molecule has 1 rings (SSSR count). The fraction of sp³-hybridized carbons (Fsp3) is 0.421. The van der Waals surface area contributed by atoms with Gasteiger partial charge >= 0.3 is 0 Å². The van der Waals surface area contributed by atoms with Crippen LogP contribution in [0.3, 0.4) is 0 Å². The second kappa shape index (κ2) is 9.03. The van der Waals surface area contributed by atoms with Gasteiger partial charge in [0.2, 0.25) is 0 Å². The Labute approximate surface area is 140 Å². The van der Waals surface area contributed by atoms with E-state index in [-0.39, 0.29) is 0 Å². The molecule has 1 aromatic rings. The van der Waals surface area contributed by atoms with Crippen molar-refractivity contribution in [3.05, 3.63) is 53.5 Å². The van der Waals surface area contributed by atoms with Crippen LogP contribution in [0.25, 0.3) is 0 Å². The van der Waals surface area contributed by atoms with Gasteiger partial charge in [0.25, 0.3) is 0 Å². The lowest BCUT2D eigenvalue weighted by atomic mass is 10.0. The molecular weight excluding hydrogens is 284 g/mol. The number of hydrogen-bond acceptors (Lipinski definition) is 4. The van der Waals surface area contributed by atoms with Crippen LogP contribution in [-0.2, 0) is 0 Å². The predicted octanol–water partition coefficient (Wildman–Crippen LogP) is 4.28. The van der Waals surface area contributed by atoms with E-state index in [0.29, 0.717) is 17.8 Å². The maximum Gasteiger partial charge on any atom is 0.0651 e. The number of nitrogens with one attached hydrogen (secondary N) is 2. The summed E-state index contributed by atoms with van der Waals surface area (Å²) in [5, 5.41) is 16.7. The summed E-state index contributed by atoms with van der Waals surface area (Å²) < 4.78 is 0. The van der Waals surface area contributed by atoms with Crippen LogP contribution in [0.4, 0.5) is 0 Å². The largest absolute Gasteiger partial charge is 0.370 e. The van der Waals surface area contributed by atoms with E-state index < -0.39 is 0 Å². The average molecular weight is 312 g/mol. The third-order valence-electron chi connectivity index (χ3n) is 3.78. The molecule has 0 aliphatic heterocycles. The first-order valence-electron chi connectivity index (χ1n) is 8.12. The fourth-order valence-corrected chi connectivity index (χ4v) is 2.37. The molecule has 0 aliphatic carbocycles. The second-order valence-corrected chi connectivity index (χ2v) is 5.58. The summed E-state index contributed by atoms with van der Waals surface area (Å²) in [6, 6.07) is 1.98. The number of nitrogens with zero attached hydrogens (tertiary/aromatic N) is 2. The maximum atomic E-state index is 8.45. The molecule has 4 nitrogen and oxygen atoms in total. The van der Waals surface area contributed by atoms with Crippen LogP contribution < -0.4 is 0 Å². The minimum Gasteiger partial charge on any atom is -0.370 e. The van der Waals surface area contributed by atoms with Crippen molar-refractivity contribution in [1.29, 1.82) is 10.8 Å². The molecule has 1 heterocycles. The lowest BCUT2D eigenvalue weighted by molar-refractivity contribution is 0.386. The highest BCUT2D eigenvalue weighted by Gasteiger charge is 2.14. The lowest BCUT2D eigenvalue weighted by Gasteiger charge is -2.26. The molecule has 0 spiro atoms. The van der Waals surface area contributed by atoms with Crippen LogP contribution in [-0.4, -0.2) is 34.4 Å². The third kappa shape index (κ3) is 5.16. The van der Waals surface area contributed by atoms with Crippen molar-refractivity contribution in [3.63, 3.8) is 0 Å². The van der Waals surface area contributed by atoms with E-state index in [1.165, 1.54) is 0 Å². The zero-order chi connectivity index (χ0) is 17.4. The van der Waals surface area contributed by atoms with Crippen molar-refractivity contribution in [1.82, 2.24) is 9.88 Å². The number of aryl methyl sites for hydroxylation is 2. The van der Waals surface area contributed by atoms with Gasteiger partial charge in [0.1, 0.15) is 0 Å². The van der Waals surface area contributed by atoms with Crippen LogP contribution in [0.15, 0.2) is 36.7 Å². The van der Waals surface area contributed by atoms with Gasteiger partial charge in [0, 0.05) is 30.5 Å². The Morgan fingerprint density at radius 3 is 2.57 bits per heavy atom. The molecule has 0 atom stereocenters. The van der Waals surface area contributed by atoms with Crippen molar-refractivity contribution in [2.45, 2.75) is 40.5 Å². The number of aromatic nitrogens is 1. The highest BCUT2D eigenvalue weighted by Crippen LogP contribution is 2.14. The Morgan fingerprint density at radius 2 is 2.00 bits per heavy atom. The smallest absolute Gasteiger partial charge is 0.0651 e. The van der Waals surface area contributed by atoms with Gasteiger partial charge in [0.05, 0.1) is 17.1 Å². The summed E-state index contributed by atoms with van der Waals surface area (Å²) in [5.41, 5.74) is 4.49. The molecule has 0 fully saturated rings. The number of rotatable bonds is 9.